The van der Waals surface area contributed by atoms with E-state index in [4.69, 9.17) is 9.47 Å². The summed E-state index contributed by atoms with van der Waals surface area (Å²) in [6.07, 6.45) is 0. The number of amides is 4. The van der Waals surface area contributed by atoms with E-state index >= 15 is 0 Å². The first-order chi connectivity index (χ1) is 13.8. The van der Waals surface area contributed by atoms with E-state index in [1.165, 1.54) is 14.2 Å². The molecular formula is C20H20BrN3O5. The molecule has 1 aliphatic heterocycles. The van der Waals surface area contributed by atoms with Gasteiger partial charge in [0.2, 0.25) is 5.91 Å². The number of hydrogen-bond donors (Lipinski definition) is 2. The molecule has 0 saturated carbocycles. The standard InChI is InChI=1S/C20H20BrN3O5/c1-20(12-5-4-6-13(21)9-12)18(26)24(19(27)23-20)11-17(25)22-15-8-7-14(28-2)10-16(15)29-3/h4-10H,11H2,1-3H3,(H,22,25)(H,23,27)/t20-/m1/s1. The number of nitrogens with one attached hydrogen (secondary N) is 2. The molecule has 2 N–H and O–H groups in total. The Morgan fingerprint density at radius 1 is 1.17 bits per heavy atom. The van der Waals surface area contributed by atoms with Gasteiger partial charge in [-0.1, -0.05) is 28.1 Å². The molecule has 2 aromatic carbocycles. The molecule has 1 heterocycles. The number of halogens is 1. The van der Waals surface area contributed by atoms with Crippen molar-refractivity contribution in [1.82, 2.24) is 10.2 Å². The smallest absolute Gasteiger partial charge is 0.325 e. The SMILES string of the molecule is COc1ccc(NC(=O)CN2C(=O)N[C@](C)(c3cccc(Br)c3)C2=O)c(OC)c1. The van der Waals surface area contributed by atoms with E-state index in [9.17, 15) is 14.4 Å². The number of carbonyl (C=O) groups excluding carboxylic acids is 3. The summed E-state index contributed by atoms with van der Waals surface area (Å²) in [6.45, 7) is 1.18. The highest BCUT2D eigenvalue weighted by atomic mass is 79.9. The molecule has 152 valence electrons. The van der Waals surface area contributed by atoms with Gasteiger partial charge in [-0.3, -0.25) is 14.5 Å². The third kappa shape index (κ3) is 4.04. The second kappa shape index (κ2) is 8.12. The first-order valence-corrected chi connectivity index (χ1v) is 9.50. The number of ether oxygens (including phenoxy) is 2. The minimum atomic E-state index is -1.25. The van der Waals surface area contributed by atoms with Gasteiger partial charge >= 0.3 is 6.03 Å². The van der Waals surface area contributed by atoms with Crippen LogP contribution in [-0.2, 0) is 15.1 Å². The van der Waals surface area contributed by atoms with E-state index in [2.05, 4.69) is 26.6 Å². The van der Waals surface area contributed by atoms with E-state index in [0.717, 1.165) is 9.37 Å². The van der Waals surface area contributed by atoms with Gasteiger partial charge in [0.25, 0.3) is 5.91 Å². The maximum atomic E-state index is 13.0. The maximum Gasteiger partial charge on any atom is 0.325 e. The number of hydrogen-bond acceptors (Lipinski definition) is 5. The van der Waals surface area contributed by atoms with Crippen molar-refractivity contribution < 1.29 is 23.9 Å². The van der Waals surface area contributed by atoms with Gasteiger partial charge in [-0.05, 0) is 36.8 Å². The monoisotopic (exact) mass is 461 g/mol. The summed E-state index contributed by atoms with van der Waals surface area (Å²) in [5, 5.41) is 5.33. The first kappa shape index (κ1) is 20.7. The largest absolute Gasteiger partial charge is 0.497 e. The van der Waals surface area contributed by atoms with Crippen LogP contribution in [0.15, 0.2) is 46.9 Å². The van der Waals surface area contributed by atoms with Crippen molar-refractivity contribution in [1.29, 1.82) is 0 Å². The molecule has 2 aromatic rings. The Bertz CT molecular complexity index is 980. The fourth-order valence-electron chi connectivity index (χ4n) is 3.07. The molecule has 29 heavy (non-hydrogen) atoms. The molecule has 0 aliphatic carbocycles. The van der Waals surface area contributed by atoms with Gasteiger partial charge in [-0.25, -0.2) is 4.79 Å². The zero-order chi connectivity index (χ0) is 21.2. The lowest BCUT2D eigenvalue weighted by molar-refractivity contribution is -0.133. The van der Waals surface area contributed by atoms with Crippen molar-refractivity contribution in [2.45, 2.75) is 12.5 Å². The normalized spacial score (nSPS) is 18.4. The molecule has 0 aromatic heterocycles. The minimum absolute atomic E-state index is 0.397. The van der Waals surface area contributed by atoms with Crippen molar-refractivity contribution >= 4 is 39.5 Å². The van der Waals surface area contributed by atoms with E-state index in [-0.39, 0.29) is 0 Å². The van der Waals surface area contributed by atoms with Gasteiger partial charge in [0.1, 0.15) is 23.6 Å². The number of benzene rings is 2. The first-order valence-electron chi connectivity index (χ1n) is 8.70. The fraction of sp³-hybridized carbons (Fsp3) is 0.250. The van der Waals surface area contributed by atoms with Gasteiger partial charge in [0.15, 0.2) is 0 Å². The van der Waals surface area contributed by atoms with Crippen LogP contribution >= 0.6 is 15.9 Å². The molecular weight excluding hydrogens is 442 g/mol. The average Bonchev–Trinajstić information content (AvgIpc) is 2.92. The summed E-state index contributed by atoms with van der Waals surface area (Å²) in [5.41, 5.74) is -0.232. The van der Waals surface area contributed by atoms with Crippen molar-refractivity contribution in [2.75, 3.05) is 26.1 Å². The third-order valence-electron chi connectivity index (χ3n) is 4.66. The Hall–Kier alpha value is -3.07. The van der Waals surface area contributed by atoms with Gasteiger partial charge in [-0.15, -0.1) is 0 Å². The molecule has 8 nitrogen and oxygen atoms in total. The quantitative estimate of drug-likeness (QED) is 0.644. The van der Waals surface area contributed by atoms with Crippen molar-refractivity contribution in [2.24, 2.45) is 0 Å². The lowest BCUT2D eigenvalue weighted by Crippen LogP contribution is -2.42. The van der Waals surface area contributed by atoms with Crippen LogP contribution in [0.5, 0.6) is 11.5 Å². The summed E-state index contributed by atoms with van der Waals surface area (Å²) in [6, 6.07) is 11.4. The van der Waals surface area contributed by atoms with Gasteiger partial charge in [0.05, 0.1) is 19.9 Å². The van der Waals surface area contributed by atoms with Gasteiger partial charge < -0.3 is 20.1 Å². The van der Waals surface area contributed by atoms with Crippen molar-refractivity contribution in [3.05, 3.63) is 52.5 Å². The van der Waals surface area contributed by atoms with Gasteiger partial charge in [0, 0.05) is 10.5 Å². The van der Waals surface area contributed by atoms with E-state index in [1.54, 1.807) is 43.3 Å². The molecule has 4 amide bonds. The van der Waals surface area contributed by atoms with E-state index in [0.29, 0.717) is 22.7 Å². The van der Waals surface area contributed by atoms with Crippen LogP contribution in [0.25, 0.3) is 0 Å². The predicted molar refractivity (Wildman–Crippen MR) is 110 cm³/mol. The third-order valence-corrected chi connectivity index (χ3v) is 5.15. The summed E-state index contributed by atoms with van der Waals surface area (Å²) < 4.78 is 11.1. The average molecular weight is 462 g/mol. The molecule has 1 saturated heterocycles. The lowest BCUT2D eigenvalue weighted by atomic mass is 9.92. The van der Waals surface area contributed by atoms with Crippen molar-refractivity contribution in [3.8, 4) is 11.5 Å². The predicted octanol–water partition coefficient (Wildman–Crippen LogP) is 2.87. The number of urea groups is 1. The summed E-state index contributed by atoms with van der Waals surface area (Å²) >= 11 is 3.36. The summed E-state index contributed by atoms with van der Waals surface area (Å²) in [4.78, 5) is 38.8. The van der Waals surface area contributed by atoms with Crippen molar-refractivity contribution in [3.63, 3.8) is 0 Å². The number of anilines is 1. The molecule has 0 unspecified atom stereocenters. The zero-order valence-corrected chi connectivity index (χ0v) is 17.7. The second-order valence-electron chi connectivity index (χ2n) is 6.57. The highest BCUT2D eigenvalue weighted by Crippen LogP contribution is 2.31. The zero-order valence-electron chi connectivity index (χ0n) is 16.1. The minimum Gasteiger partial charge on any atom is -0.497 e. The summed E-state index contributed by atoms with van der Waals surface area (Å²) in [5.74, 6) is -0.0690. The maximum absolute atomic E-state index is 13.0. The summed E-state index contributed by atoms with van der Waals surface area (Å²) in [7, 11) is 2.98. The van der Waals surface area contributed by atoms with Crippen LogP contribution in [0.2, 0.25) is 0 Å². The van der Waals surface area contributed by atoms with Gasteiger partial charge in [-0.2, -0.15) is 0 Å². The molecule has 3 rings (SSSR count). The van der Waals surface area contributed by atoms with Crippen LogP contribution in [0.3, 0.4) is 0 Å². The Morgan fingerprint density at radius 2 is 1.93 bits per heavy atom. The Labute approximate surface area is 176 Å². The Balaban J connectivity index is 1.76. The van der Waals surface area contributed by atoms with E-state index < -0.39 is 29.9 Å². The number of carbonyl (C=O) groups is 3. The molecule has 1 atom stereocenters. The number of methoxy groups -OCH3 is 2. The number of imide groups is 1. The van der Waals surface area contributed by atoms with Crippen LogP contribution in [0.1, 0.15) is 12.5 Å². The van der Waals surface area contributed by atoms with Crippen LogP contribution in [0, 0.1) is 0 Å². The van der Waals surface area contributed by atoms with Crippen LogP contribution in [0.4, 0.5) is 10.5 Å². The van der Waals surface area contributed by atoms with E-state index in [1.807, 2.05) is 6.07 Å². The topological polar surface area (TPSA) is 97.0 Å². The lowest BCUT2D eigenvalue weighted by Gasteiger charge is -2.22. The highest BCUT2D eigenvalue weighted by Gasteiger charge is 2.49. The van der Waals surface area contributed by atoms with Crippen LogP contribution < -0.4 is 20.1 Å². The molecule has 0 bridgehead atoms. The van der Waals surface area contributed by atoms with Crippen LogP contribution in [-0.4, -0.2) is 43.5 Å². The number of rotatable bonds is 6. The molecule has 1 fully saturated rings. The fourth-order valence-corrected chi connectivity index (χ4v) is 3.47. The molecule has 1 aliphatic rings. The Morgan fingerprint density at radius 3 is 2.59 bits per heavy atom. The molecule has 0 radical (unpaired) electrons. The Kier molecular flexibility index (Phi) is 5.78. The molecule has 0 spiro atoms. The highest BCUT2D eigenvalue weighted by molar-refractivity contribution is 9.10. The number of nitrogens with zero attached hydrogens (tertiary/aromatic N) is 1. The molecule has 9 heteroatoms. The second-order valence-corrected chi connectivity index (χ2v) is 7.49.